The number of amides is 1. The van der Waals surface area contributed by atoms with Crippen molar-refractivity contribution >= 4 is 12.0 Å². The van der Waals surface area contributed by atoms with Crippen molar-refractivity contribution in [3.63, 3.8) is 0 Å². The Balaban J connectivity index is 1.73. The van der Waals surface area contributed by atoms with Gasteiger partial charge in [-0.2, -0.15) is 0 Å². The molecule has 4 heteroatoms. The highest BCUT2D eigenvalue weighted by molar-refractivity contribution is 5.97. The molecule has 1 aliphatic heterocycles. The average Bonchev–Trinajstić information content (AvgIpc) is 2.65. The Hall–Kier alpha value is -2.59. The maximum absolute atomic E-state index is 11.9. The Morgan fingerprint density at radius 3 is 2.63 bits per heavy atom. The van der Waals surface area contributed by atoms with Gasteiger partial charge in [0.15, 0.2) is 0 Å². The van der Waals surface area contributed by atoms with Crippen LogP contribution >= 0.6 is 0 Å². The lowest BCUT2D eigenvalue weighted by molar-refractivity contribution is -0.114. The first-order valence-corrected chi connectivity index (χ1v) is 9.46. The summed E-state index contributed by atoms with van der Waals surface area (Å²) in [6, 6.07) is 17.4. The summed E-state index contributed by atoms with van der Waals surface area (Å²) in [5.41, 5.74) is 8.43. The Morgan fingerprint density at radius 1 is 1.26 bits per heavy atom. The van der Waals surface area contributed by atoms with Crippen molar-refractivity contribution in [3.8, 4) is 5.75 Å². The minimum atomic E-state index is -0.368. The molecule has 1 fully saturated rings. The van der Waals surface area contributed by atoms with Crippen LogP contribution in [0.2, 0.25) is 0 Å². The van der Waals surface area contributed by atoms with Gasteiger partial charge in [0.1, 0.15) is 5.75 Å². The number of carbonyl (C=O) groups is 1. The van der Waals surface area contributed by atoms with Gasteiger partial charge in [0, 0.05) is 18.7 Å². The molecule has 0 radical (unpaired) electrons. The molecule has 2 aromatic rings. The molecule has 0 saturated carbocycles. The van der Waals surface area contributed by atoms with E-state index in [4.69, 9.17) is 5.73 Å². The fraction of sp³-hybridized carbons (Fsp3) is 0.348. The van der Waals surface area contributed by atoms with E-state index in [0.29, 0.717) is 23.8 Å². The number of hydrogen-bond acceptors (Lipinski definition) is 3. The van der Waals surface area contributed by atoms with Crippen molar-refractivity contribution in [2.24, 2.45) is 11.7 Å². The number of primary amides is 1. The predicted octanol–water partition coefficient (Wildman–Crippen LogP) is 3.56. The molecule has 0 unspecified atom stereocenters. The number of aromatic hydroxyl groups is 1. The highest BCUT2D eigenvalue weighted by atomic mass is 16.3. The second-order valence-corrected chi connectivity index (χ2v) is 7.80. The number of phenols is 1. The van der Waals surface area contributed by atoms with Crippen LogP contribution < -0.4 is 5.73 Å². The van der Waals surface area contributed by atoms with E-state index in [-0.39, 0.29) is 11.3 Å². The Bertz CT molecular complexity index is 831. The van der Waals surface area contributed by atoms with Crippen molar-refractivity contribution in [1.29, 1.82) is 0 Å². The number of nitrogens with zero attached hydrogens (tertiary/aromatic N) is 1. The second kappa shape index (κ2) is 7.97. The van der Waals surface area contributed by atoms with Crippen LogP contribution in [0.3, 0.4) is 0 Å². The van der Waals surface area contributed by atoms with Crippen molar-refractivity contribution < 1.29 is 9.90 Å². The summed E-state index contributed by atoms with van der Waals surface area (Å²) in [6.07, 6.45) is 2.85. The third-order valence-corrected chi connectivity index (χ3v) is 5.92. The zero-order valence-electron chi connectivity index (χ0n) is 16.1. The fourth-order valence-corrected chi connectivity index (χ4v) is 3.94. The van der Waals surface area contributed by atoms with Crippen LogP contribution in [0.15, 0.2) is 60.2 Å². The molecule has 2 atom stereocenters. The first-order valence-electron chi connectivity index (χ1n) is 9.46. The topological polar surface area (TPSA) is 66.6 Å². The van der Waals surface area contributed by atoms with Crippen LogP contribution in [0.5, 0.6) is 5.75 Å². The highest BCUT2D eigenvalue weighted by Crippen LogP contribution is 2.40. The maximum Gasteiger partial charge on any atom is 0.245 e. The molecule has 27 heavy (non-hydrogen) atoms. The van der Waals surface area contributed by atoms with E-state index in [2.05, 4.69) is 24.8 Å². The van der Waals surface area contributed by atoms with Crippen molar-refractivity contribution in [2.75, 3.05) is 19.6 Å². The van der Waals surface area contributed by atoms with Crippen molar-refractivity contribution in [2.45, 2.75) is 25.7 Å². The van der Waals surface area contributed by atoms with E-state index in [1.807, 2.05) is 48.5 Å². The number of benzene rings is 2. The van der Waals surface area contributed by atoms with E-state index in [1.54, 1.807) is 6.07 Å². The summed E-state index contributed by atoms with van der Waals surface area (Å²) in [5.74, 6) is 0.330. The van der Waals surface area contributed by atoms with Crippen LogP contribution in [0.4, 0.5) is 0 Å². The predicted molar refractivity (Wildman–Crippen MR) is 109 cm³/mol. The number of hydrogen-bond donors (Lipinski definition) is 2. The molecule has 1 amide bonds. The van der Waals surface area contributed by atoms with Gasteiger partial charge in [0.05, 0.1) is 0 Å². The molecule has 3 N–H and O–H groups in total. The van der Waals surface area contributed by atoms with Gasteiger partial charge >= 0.3 is 0 Å². The van der Waals surface area contributed by atoms with E-state index in [1.165, 1.54) is 5.56 Å². The molecule has 0 aromatic heterocycles. The van der Waals surface area contributed by atoms with E-state index in [0.717, 1.165) is 25.1 Å². The summed E-state index contributed by atoms with van der Waals surface area (Å²) in [7, 11) is 0. The van der Waals surface area contributed by atoms with E-state index in [9.17, 15) is 9.90 Å². The fourth-order valence-electron chi connectivity index (χ4n) is 3.94. The molecule has 0 bridgehead atoms. The third-order valence-electron chi connectivity index (χ3n) is 5.92. The number of rotatable bonds is 5. The standard InChI is InChI=1S/C23H28N2O2/c1-17-15-25(12-11-23(17,2)20-9-6-10-21(26)14-20)16-19(22(24)27)13-18-7-4-3-5-8-18/h3-10,13-14,17,26H,11-12,15-16H2,1-2H3,(H2,24,27)/t17-,23+/m0/s1. The van der Waals surface area contributed by atoms with Gasteiger partial charge in [-0.1, -0.05) is 56.3 Å². The average molecular weight is 364 g/mol. The normalized spacial score (nSPS) is 23.9. The van der Waals surface area contributed by atoms with E-state index >= 15 is 0 Å². The number of nitrogens with two attached hydrogens (primary N) is 1. The van der Waals surface area contributed by atoms with Crippen molar-refractivity contribution in [3.05, 3.63) is 71.3 Å². The van der Waals surface area contributed by atoms with Crippen LogP contribution in [-0.4, -0.2) is 35.5 Å². The Kier molecular flexibility index (Phi) is 5.66. The number of carbonyl (C=O) groups excluding carboxylic acids is 1. The maximum atomic E-state index is 11.9. The molecule has 1 aliphatic rings. The Labute approximate surface area is 161 Å². The van der Waals surface area contributed by atoms with Gasteiger partial charge < -0.3 is 10.8 Å². The van der Waals surface area contributed by atoms with E-state index < -0.39 is 0 Å². The Morgan fingerprint density at radius 2 is 2.00 bits per heavy atom. The van der Waals surface area contributed by atoms with Gasteiger partial charge in [-0.05, 0) is 53.6 Å². The molecule has 4 nitrogen and oxygen atoms in total. The molecule has 0 spiro atoms. The molecule has 0 aliphatic carbocycles. The monoisotopic (exact) mass is 364 g/mol. The number of piperidine rings is 1. The lowest BCUT2D eigenvalue weighted by atomic mass is 9.68. The van der Waals surface area contributed by atoms with Crippen LogP contribution in [0.25, 0.3) is 6.08 Å². The molecule has 142 valence electrons. The first-order chi connectivity index (χ1) is 12.9. The van der Waals surface area contributed by atoms with Crippen LogP contribution in [0, 0.1) is 5.92 Å². The van der Waals surface area contributed by atoms with Gasteiger partial charge in [-0.15, -0.1) is 0 Å². The lowest BCUT2D eigenvalue weighted by Crippen LogP contribution is -2.48. The minimum absolute atomic E-state index is 0.00523. The minimum Gasteiger partial charge on any atom is -0.508 e. The molecular weight excluding hydrogens is 336 g/mol. The molecule has 3 rings (SSSR count). The molecule has 1 heterocycles. The van der Waals surface area contributed by atoms with Gasteiger partial charge in [0.2, 0.25) is 5.91 Å². The SMILES string of the molecule is C[C@H]1CN(CC(=Cc2ccccc2)C(N)=O)CC[C@@]1(C)c1cccc(O)c1. The van der Waals surface area contributed by atoms with Crippen molar-refractivity contribution in [1.82, 2.24) is 4.90 Å². The molecule has 2 aromatic carbocycles. The summed E-state index contributed by atoms with van der Waals surface area (Å²) in [5, 5.41) is 9.85. The molecule has 1 saturated heterocycles. The smallest absolute Gasteiger partial charge is 0.245 e. The summed E-state index contributed by atoms with van der Waals surface area (Å²) in [6.45, 7) is 6.83. The lowest BCUT2D eigenvalue weighted by Gasteiger charge is -2.45. The van der Waals surface area contributed by atoms with Crippen LogP contribution in [0.1, 0.15) is 31.4 Å². The summed E-state index contributed by atoms with van der Waals surface area (Å²) in [4.78, 5) is 14.2. The van der Waals surface area contributed by atoms with Gasteiger partial charge in [0.25, 0.3) is 0 Å². The van der Waals surface area contributed by atoms with Crippen LogP contribution in [-0.2, 0) is 10.2 Å². The zero-order chi connectivity index (χ0) is 19.4. The number of likely N-dealkylation sites (tertiary alicyclic amines) is 1. The summed E-state index contributed by atoms with van der Waals surface area (Å²) >= 11 is 0. The highest BCUT2D eigenvalue weighted by Gasteiger charge is 2.38. The second-order valence-electron chi connectivity index (χ2n) is 7.80. The largest absolute Gasteiger partial charge is 0.508 e. The van der Waals surface area contributed by atoms with Gasteiger partial charge in [-0.3, -0.25) is 9.69 Å². The van der Waals surface area contributed by atoms with Gasteiger partial charge in [-0.25, -0.2) is 0 Å². The summed E-state index contributed by atoms with van der Waals surface area (Å²) < 4.78 is 0. The number of phenolic OH excluding ortho intramolecular Hbond substituents is 1. The first kappa shape index (κ1) is 19.2. The molecular formula is C23H28N2O2. The quantitative estimate of drug-likeness (QED) is 0.797. The third kappa shape index (κ3) is 4.40. The zero-order valence-corrected chi connectivity index (χ0v) is 16.1.